The van der Waals surface area contributed by atoms with Gasteiger partial charge in [0.1, 0.15) is 6.07 Å². The predicted molar refractivity (Wildman–Crippen MR) is 212 cm³/mol. The number of likely N-dealkylation sites (N-methyl/N-ethyl adjacent to an activating group) is 2. The van der Waals surface area contributed by atoms with Crippen molar-refractivity contribution in [2.45, 2.75) is 33.9 Å². The Morgan fingerprint density at radius 1 is 0.667 bits per heavy atom. The molecular weight excluding hydrogens is 650 g/mol. The number of nitrogens with one attached hydrogen (secondary N) is 1. The van der Waals surface area contributed by atoms with E-state index in [4.69, 9.17) is 16.6 Å². The average molecular weight is 698 g/mol. The molecule has 0 saturated carbocycles. The SMILES string of the molecule is CCN1CCN(Cc2cccc(-c3cc(C)c(Nc4c(C#N)cnc5cc(-c6cccc(CN7CCN(CC)CC7)c6)ccc45)c(Cl)c3)c2)CC1. The van der Waals surface area contributed by atoms with Crippen molar-refractivity contribution in [1.29, 1.82) is 5.26 Å². The molecule has 2 fully saturated rings. The summed E-state index contributed by atoms with van der Waals surface area (Å²) >= 11 is 7.03. The van der Waals surface area contributed by atoms with Gasteiger partial charge in [0.2, 0.25) is 0 Å². The van der Waals surface area contributed by atoms with Crippen LogP contribution < -0.4 is 5.32 Å². The van der Waals surface area contributed by atoms with E-state index < -0.39 is 0 Å². The number of hydrogen-bond donors (Lipinski definition) is 1. The van der Waals surface area contributed by atoms with E-state index in [9.17, 15) is 5.26 Å². The van der Waals surface area contributed by atoms with Gasteiger partial charge in [-0.15, -0.1) is 0 Å². The Labute approximate surface area is 308 Å². The Balaban J connectivity index is 1.11. The summed E-state index contributed by atoms with van der Waals surface area (Å²) in [6.07, 6.45) is 1.66. The van der Waals surface area contributed by atoms with Crippen molar-refractivity contribution in [3.05, 3.63) is 112 Å². The van der Waals surface area contributed by atoms with Gasteiger partial charge in [0.25, 0.3) is 0 Å². The third kappa shape index (κ3) is 8.12. The summed E-state index contributed by atoms with van der Waals surface area (Å²) in [5, 5.41) is 15.2. The molecule has 0 aliphatic carbocycles. The lowest BCUT2D eigenvalue weighted by Crippen LogP contribution is -2.45. The summed E-state index contributed by atoms with van der Waals surface area (Å²) in [5.74, 6) is 0. The van der Waals surface area contributed by atoms with Gasteiger partial charge in [-0.05, 0) is 89.3 Å². The molecule has 0 amide bonds. The van der Waals surface area contributed by atoms with Gasteiger partial charge >= 0.3 is 0 Å². The first-order chi connectivity index (χ1) is 24.9. The van der Waals surface area contributed by atoms with Crippen LogP contribution in [0.4, 0.5) is 11.4 Å². The number of pyridine rings is 1. The number of anilines is 2. The molecule has 7 nitrogen and oxygen atoms in total. The van der Waals surface area contributed by atoms with Crippen LogP contribution in [-0.2, 0) is 13.1 Å². The number of halogens is 1. The summed E-state index contributed by atoms with van der Waals surface area (Å²) in [6.45, 7) is 19.6. The summed E-state index contributed by atoms with van der Waals surface area (Å²) in [6, 6.07) is 30.5. The van der Waals surface area contributed by atoms with Gasteiger partial charge in [0, 0.05) is 77.0 Å². The van der Waals surface area contributed by atoms with E-state index in [1.54, 1.807) is 6.20 Å². The first-order valence-electron chi connectivity index (χ1n) is 18.4. The Hall–Kier alpha value is -4.29. The highest BCUT2D eigenvalue weighted by Gasteiger charge is 2.19. The first-order valence-corrected chi connectivity index (χ1v) is 18.8. The second kappa shape index (κ2) is 15.9. The lowest BCUT2D eigenvalue weighted by Gasteiger charge is -2.34. The second-order valence-corrected chi connectivity index (χ2v) is 14.4. The highest BCUT2D eigenvalue weighted by Crippen LogP contribution is 2.38. The molecule has 4 aromatic carbocycles. The van der Waals surface area contributed by atoms with Crippen LogP contribution in [0.5, 0.6) is 0 Å². The molecule has 262 valence electrons. The summed E-state index contributed by atoms with van der Waals surface area (Å²) in [7, 11) is 0. The molecule has 51 heavy (non-hydrogen) atoms. The second-order valence-electron chi connectivity index (χ2n) is 14.0. The minimum absolute atomic E-state index is 0.479. The summed E-state index contributed by atoms with van der Waals surface area (Å²) < 4.78 is 0. The molecule has 1 N–H and O–H groups in total. The van der Waals surface area contributed by atoms with E-state index in [1.807, 2.05) is 6.07 Å². The molecule has 0 radical (unpaired) electrons. The molecule has 0 spiro atoms. The molecule has 0 bridgehead atoms. The van der Waals surface area contributed by atoms with Gasteiger partial charge in [-0.3, -0.25) is 14.8 Å². The number of rotatable bonds is 10. The molecule has 0 atom stereocenters. The number of hydrogen-bond acceptors (Lipinski definition) is 7. The Morgan fingerprint density at radius 2 is 1.22 bits per heavy atom. The maximum atomic E-state index is 10.1. The van der Waals surface area contributed by atoms with Crippen LogP contribution in [0, 0.1) is 18.3 Å². The zero-order valence-electron chi connectivity index (χ0n) is 30.1. The van der Waals surface area contributed by atoms with Gasteiger partial charge in [0.15, 0.2) is 0 Å². The van der Waals surface area contributed by atoms with Crippen molar-refractivity contribution in [1.82, 2.24) is 24.6 Å². The molecule has 2 aliphatic heterocycles. The number of aryl methyl sites for hydroxylation is 1. The Bertz CT molecular complexity index is 2010. The van der Waals surface area contributed by atoms with Crippen molar-refractivity contribution >= 4 is 33.9 Å². The molecule has 5 aromatic rings. The van der Waals surface area contributed by atoms with Gasteiger partial charge in [-0.25, -0.2) is 0 Å². The molecule has 8 heteroatoms. The third-order valence-corrected chi connectivity index (χ3v) is 11.0. The minimum atomic E-state index is 0.479. The molecule has 2 saturated heterocycles. The number of benzene rings is 4. The van der Waals surface area contributed by atoms with Crippen LogP contribution in [0.15, 0.2) is 85.1 Å². The van der Waals surface area contributed by atoms with E-state index in [0.717, 1.165) is 123 Å². The Morgan fingerprint density at radius 3 is 1.76 bits per heavy atom. The van der Waals surface area contributed by atoms with Crippen molar-refractivity contribution in [2.75, 3.05) is 70.8 Å². The first kappa shape index (κ1) is 35.1. The molecule has 1 aromatic heterocycles. The summed E-state index contributed by atoms with van der Waals surface area (Å²) in [5.41, 5.74) is 11.0. The smallest absolute Gasteiger partial charge is 0.103 e. The van der Waals surface area contributed by atoms with Crippen LogP contribution in [0.1, 0.15) is 36.1 Å². The fraction of sp³-hybridized carbons (Fsp3) is 0.349. The average Bonchev–Trinajstić information content (AvgIpc) is 3.16. The minimum Gasteiger partial charge on any atom is -0.352 e. The third-order valence-electron chi connectivity index (χ3n) is 10.7. The van der Waals surface area contributed by atoms with Crippen LogP contribution >= 0.6 is 11.6 Å². The standard InChI is InChI=1S/C43H48ClN7/c1-4-48-14-18-50(19-15-48)29-32-8-6-10-34(23-32)36-12-13-39-41(26-36)46-28-38(27-45)43(39)47-42-31(3)22-37(25-40(42)44)35-11-7-9-33(24-35)30-51-20-16-49(5-2)17-21-51/h6-13,22-26,28H,4-5,14-21,29-30H2,1-3H3,(H,46,47). The highest BCUT2D eigenvalue weighted by molar-refractivity contribution is 6.34. The number of nitriles is 1. The normalized spacial score (nSPS) is 16.4. The number of nitrogens with zero attached hydrogens (tertiary/aromatic N) is 6. The van der Waals surface area contributed by atoms with E-state index in [2.05, 4.69) is 125 Å². The fourth-order valence-corrected chi connectivity index (χ4v) is 7.84. The van der Waals surface area contributed by atoms with Crippen LogP contribution in [0.2, 0.25) is 5.02 Å². The van der Waals surface area contributed by atoms with Crippen molar-refractivity contribution in [2.24, 2.45) is 0 Å². The van der Waals surface area contributed by atoms with Gasteiger partial charge in [-0.1, -0.05) is 74.0 Å². The zero-order chi connectivity index (χ0) is 35.3. The maximum Gasteiger partial charge on any atom is 0.103 e. The molecule has 3 heterocycles. The molecule has 2 aliphatic rings. The number of piperazine rings is 2. The molecular formula is C43H48ClN7. The van der Waals surface area contributed by atoms with Crippen LogP contribution in [-0.4, -0.2) is 90.0 Å². The van der Waals surface area contributed by atoms with Gasteiger partial charge in [-0.2, -0.15) is 5.26 Å². The van der Waals surface area contributed by atoms with Crippen molar-refractivity contribution in [3.8, 4) is 28.3 Å². The highest BCUT2D eigenvalue weighted by atomic mass is 35.5. The van der Waals surface area contributed by atoms with Crippen LogP contribution in [0.3, 0.4) is 0 Å². The van der Waals surface area contributed by atoms with Crippen molar-refractivity contribution < 1.29 is 0 Å². The monoisotopic (exact) mass is 697 g/mol. The predicted octanol–water partition coefficient (Wildman–Crippen LogP) is 8.42. The lowest BCUT2D eigenvalue weighted by molar-refractivity contribution is 0.132. The Kier molecular flexibility index (Phi) is 11.0. The topological polar surface area (TPSA) is 61.7 Å². The van der Waals surface area contributed by atoms with E-state index in [-0.39, 0.29) is 0 Å². The number of fused-ring (bicyclic) bond motifs is 1. The van der Waals surface area contributed by atoms with E-state index in [1.165, 1.54) is 16.7 Å². The van der Waals surface area contributed by atoms with Gasteiger partial charge < -0.3 is 15.1 Å². The molecule has 7 rings (SSSR count). The maximum absolute atomic E-state index is 10.1. The largest absolute Gasteiger partial charge is 0.352 e. The molecule has 0 unspecified atom stereocenters. The van der Waals surface area contributed by atoms with E-state index in [0.29, 0.717) is 10.6 Å². The van der Waals surface area contributed by atoms with Crippen LogP contribution in [0.25, 0.3) is 33.2 Å². The summed E-state index contributed by atoms with van der Waals surface area (Å²) in [4.78, 5) is 14.8. The zero-order valence-corrected chi connectivity index (χ0v) is 30.9. The quantitative estimate of drug-likeness (QED) is 0.157. The van der Waals surface area contributed by atoms with E-state index >= 15 is 0 Å². The van der Waals surface area contributed by atoms with Gasteiger partial charge in [0.05, 0.1) is 27.5 Å². The van der Waals surface area contributed by atoms with Crippen molar-refractivity contribution in [3.63, 3.8) is 0 Å². The number of aromatic nitrogens is 1. The fourth-order valence-electron chi connectivity index (χ4n) is 7.53. The lowest BCUT2D eigenvalue weighted by atomic mass is 9.99.